The first-order valence-corrected chi connectivity index (χ1v) is 4.94. The Morgan fingerprint density at radius 2 is 2.00 bits per heavy atom. The van der Waals surface area contributed by atoms with Gasteiger partial charge in [0.15, 0.2) is 5.54 Å². The summed E-state index contributed by atoms with van der Waals surface area (Å²) in [5.41, 5.74) is 1.27. The normalized spacial score (nSPS) is 13.9. The maximum Gasteiger partial charge on any atom is 0.333 e. The van der Waals surface area contributed by atoms with E-state index in [1.165, 1.54) is 6.92 Å². The maximum atomic E-state index is 11.2. The zero-order valence-corrected chi connectivity index (χ0v) is 9.57. The van der Waals surface area contributed by atoms with E-state index in [1.54, 1.807) is 12.1 Å². The summed E-state index contributed by atoms with van der Waals surface area (Å²) in [5.74, 6) is -1.08. The molecule has 0 aliphatic carbocycles. The molecule has 4 heteroatoms. The van der Waals surface area contributed by atoms with E-state index < -0.39 is 11.5 Å². The van der Waals surface area contributed by atoms with Gasteiger partial charge in [-0.05, 0) is 37.5 Å². The smallest absolute Gasteiger partial charge is 0.333 e. The van der Waals surface area contributed by atoms with Crippen LogP contribution in [0, 0.1) is 13.8 Å². The topological polar surface area (TPSA) is 66.4 Å². The summed E-state index contributed by atoms with van der Waals surface area (Å²) in [5, 5.41) is 11.5. The molecular weight excluding hydrogens is 206 g/mol. The fourth-order valence-corrected chi connectivity index (χ4v) is 1.44. The van der Waals surface area contributed by atoms with Crippen LogP contribution < -0.4 is 5.32 Å². The van der Waals surface area contributed by atoms with Crippen LogP contribution in [0.25, 0.3) is 0 Å². The van der Waals surface area contributed by atoms with Crippen LogP contribution in [0.3, 0.4) is 0 Å². The molecule has 0 aromatic heterocycles. The van der Waals surface area contributed by atoms with Gasteiger partial charge < -0.3 is 10.4 Å². The molecule has 1 aromatic rings. The Kier molecular flexibility index (Phi) is 3.32. The average molecular weight is 221 g/mol. The van der Waals surface area contributed by atoms with E-state index in [1.807, 2.05) is 19.9 Å². The maximum absolute atomic E-state index is 11.2. The Bertz CT molecular complexity index is 428. The van der Waals surface area contributed by atoms with Gasteiger partial charge in [0.05, 0.1) is 0 Å². The van der Waals surface area contributed by atoms with Crippen LogP contribution in [0.2, 0.25) is 0 Å². The third kappa shape index (κ3) is 2.05. The van der Waals surface area contributed by atoms with Gasteiger partial charge in [0.25, 0.3) is 0 Å². The molecule has 86 valence electrons. The molecule has 4 nitrogen and oxygen atoms in total. The lowest BCUT2D eigenvalue weighted by molar-refractivity contribution is -0.145. The van der Waals surface area contributed by atoms with Crippen molar-refractivity contribution in [2.24, 2.45) is 0 Å². The van der Waals surface area contributed by atoms with E-state index in [-0.39, 0.29) is 0 Å². The van der Waals surface area contributed by atoms with Crippen molar-refractivity contribution in [3.63, 3.8) is 0 Å². The van der Waals surface area contributed by atoms with Crippen molar-refractivity contribution in [2.45, 2.75) is 26.3 Å². The molecule has 0 saturated heterocycles. The molecule has 2 N–H and O–H groups in total. The number of aryl methyl sites for hydroxylation is 2. The molecule has 0 heterocycles. The number of aliphatic carboxylic acids is 1. The van der Waals surface area contributed by atoms with Crippen LogP contribution in [0.15, 0.2) is 18.2 Å². The van der Waals surface area contributed by atoms with Crippen molar-refractivity contribution >= 4 is 12.4 Å². The van der Waals surface area contributed by atoms with E-state index in [0.717, 1.165) is 11.1 Å². The quantitative estimate of drug-likeness (QED) is 0.754. The lowest BCUT2D eigenvalue weighted by atomic mass is 9.90. The van der Waals surface area contributed by atoms with Crippen molar-refractivity contribution in [1.82, 2.24) is 5.32 Å². The van der Waals surface area contributed by atoms with Crippen molar-refractivity contribution in [2.75, 3.05) is 0 Å². The molecule has 0 bridgehead atoms. The second kappa shape index (κ2) is 4.35. The van der Waals surface area contributed by atoms with Crippen LogP contribution >= 0.6 is 0 Å². The van der Waals surface area contributed by atoms with Gasteiger partial charge in [-0.15, -0.1) is 0 Å². The second-order valence-corrected chi connectivity index (χ2v) is 3.99. The average Bonchev–Trinajstić information content (AvgIpc) is 2.22. The van der Waals surface area contributed by atoms with Gasteiger partial charge in [-0.2, -0.15) is 0 Å². The van der Waals surface area contributed by atoms with Crippen LogP contribution in [0.1, 0.15) is 23.6 Å². The van der Waals surface area contributed by atoms with Gasteiger partial charge in [-0.1, -0.05) is 18.2 Å². The van der Waals surface area contributed by atoms with Gasteiger partial charge in [0, 0.05) is 0 Å². The number of carbonyl (C=O) groups excluding carboxylic acids is 1. The highest BCUT2D eigenvalue weighted by molar-refractivity contribution is 5.82. The predicted molar refractivity (Wildman–Crippen MR) is 60.1 cm³/mol. The monoisotopic (exact) mass is 221 g/mol. The standard InChI is InChI=1S/C12H15NO3/c1-8-4-5-10(6-9(8)2)12(3,11(15)16)13-7-14/h4-7H,1-3H3,(H,13,14)(H,15,16). The number of hydrogen-bond donors (Lipinski definition) is 2. The lowest BCUT2D eigenvalue weighted by Crippen LogP contribution is -2.46. The fraction of sp³-hybridized carbons (Fsp3) is 0.333. The molecule has 0 aliphatic rings. The number of nitrogens with one attached hydrogen (secondary N) is 1. The van der Waals surface area contributed by atoms with E-state index >= 15 is 0 Å². The van der Waals surface area contributed by atoms with E-state index in [0.29, 0.717) is 12.0 Å². The molecule has 0 aliphatic heterocycles. The molecule has 1 aromatic carbocycles. The number of rotatable bonds is 4. The summed E-state index contributed by atoms with van der Waals surface area (Å²) in [7, 11) is 0. The Balaban J connectivity index is 3.26. The molecular formula is C12H15NO3. The van der Waals surface area contributed by atoms with E-state index in [9.17, 15) is 9.59 Å². The van der Waals surface area contributed by atoms with Crippen molar-refractivity contribution < 1.29 is 14.7 Å². The minimum Gasteiger partial charge on any atom is -0.479 e. The SMILES string of the molecule is Cc1ccc(C(C)(NC=O)C(=O)O)cc1C. The number of hydrogen-bond acceptors (Lipinski definition) is 2. The zero-order chi connectivity index (χ0) is 12.3. The Hall–Kier alpha value is -1.84. The number of carboxylic acid groups (broad SMARTS) is 1. The Labute approximate surface area is 94.3 Å². The summed E-state index contributed by atoms with van der Waals surface area (Å²) in [4.78, 5) is 21.7. The van der Waals surface area contributed by atoms with E-state index in [2.05, 4.69) is 5.32 Å². The first-order chi connectivity index (χ1) is 7.41. The second-order valence-electron chi connectivity index (χ2n) is 3.99. The van der Waals surface area contributed by atoms with Crippen molar-refractivity contribution in [3.8, 4) is 0 Å². The summed E-state index contributed by atoms with van der Waals surface area (Å²) < 4.78 is 0. The highest BCUT2D eigenvalue weighted by atomic mass is 16.4. The molecule has 1 atom stereocenters. The molecule has 0 saturated carbocycles. The highest BCUT2D eigenvalue weighted by Gasteiger charge is 2.34. The van der Waals surface area contributed by atoms with E-state index in [4.69, 9.17) is 5.11 Å². The van der Waals surface area contributed by atoms with Crippen LogP contribution in [0.4, 0.5) is 0 Å². The number of benzene rings is 1. The van der Waals surface area contributed by atoms with Gasteiger partial charge >= 0.3 is 5.97 Å². The Morgan fingerprint density at radius 3 is 2.44 bits per heavy atom. The predicted octanol–water partition coefficient (Wildman–Crippen LogP) is 1.35. The molecule has 1 unspecified atom stereocenters. The third-order valence-corrected chi connectivity index (χ3v) is 2.86. The molecule has 0 radical (unpaired) electrons. The van der Waals surface area contributed by atoms with Crippen molar-refractivity contribution in [3.05, 3.63) is 34.9 Å². The highest BCUT2D eigenvalue weighted by Crippen LogP contribution is 2.23. The van der Waals surface area contributed by atoms with Crippen molar-refractivity contribution in [1.29, 1.82) is 0 Å². The summed E-state index contributed by atoms with van der Waals surface area (Å²) in [6.07, 6.45) is 0.406. The number of carboxylic acids is 1. The van der Waals surface area contributed by atoms with Crippen LogP contribution in [-0.4, -0.2) is 17.5 Å². The summed E-state index contributed by atoms with van der Waals surface area (Å²) in [6.45, 7) is 5.32. The number of carbonyl (C=O) groups is 2. The van der Waals surface area contributed by atoms with Gasteiger partial charge in [0.2, 0.25) is 6.41 Å². The molecule has 16 heavy (non-hydrogen) atoms. The van der Waals surface area contributed by atoms with Gasteiger partial charge in [-0.3, -0.25) is 4.79 Å². The Morgan fingerprint density at radius 1 is 1.38 bits per heavy atom. The van der Waals surface area contributed by atoms with Gasteiger partial charge in [-0.25, -0.2) is 4.79 Å². The van der Waals surface area contributed by atoms with Crippen LogP contribution in [0.5, 0.6) is 0 Å². The van der Waals surface area contributed by atoms with Gasteiger partial charge in [0.1, 0.15) is 0 Å². The summed E-state index contributed by atoms with van der Waals surface area (Å²) in [6, 6.07) is 5.34. The lowest BCUT2D eigenvalue weighted by Gasteiger charge is -2.25. The number of amides is 1. The largest absolute Gasteiger partial charge is 0.479 e. The minimum atomic E-state index is -1.37. The fourth-order valence-electron chi connectivity index (χ4n) is 1.44. The first kappa shape index (κ1) is 12.2. The zero-order valence-electron chi connectivity index (χ0n) is 9.57. The molecule has 0 fully saturated rings. The van der Waals surface area contributed by atoms with Crippen LogP contribution in [-0.2, 0) is 15.1 Å². The molecule has 0 spiro atoms. The molecule has 1 amide bonds. The third-order valence-electron chi connectivity index (χ3n) is 2.86. The molecule has 1 rings (SSSR count). The summed E-state index contributed by atoms with van der Waals surface area (Å²) >= 11 is 0. The minimum absolute atomic E-state index is 0.406. The first-order valence-electron chi connectivity index (χ1n) is 4.94.